The van der Waals surface area contributed by atoms with Crippen molar-refractivity contribution in [2.45, 2.75) is 52.4 Å². The quantitative estimate of drug-likeness (QED) is 0.151. The highest BCUT2D eigenvalue weighted by atomic mass is 19.1. The summed E-state index contributed by atoms with van der Waals surface area (Å²) in [6.07, 6.45) is 10.7. The number of nitrogens with one attached hydrogen (secondary N) is 1. The lowest BCUT2D eigenvalue weighted by Crippen LogP contribution is -2.22. The summed E-state index contributed by atoms with van der Waals surface area (Å²) in [6.45, 7) is 6.84. The predicted octanol–water partition coefficient (Wildman–Crippen LogP) is 7.33. The zero-order valence-electron chi connectivity index (χ0n) is 23.8. The molecule has 0 bridgehead atoms. The van der Waals surface area contributed by atoms with Crippen LogP contribution in [-0.4, -0.2) is 29.1 Å². The fourth-order valence-electron chi connectivity index (χ4n) is 5.15. The molecule has 6 heteroatoms. The smallest absolute Gasteiger partial charge is 0.243 e. The first-order valence-electron chi connectivity index (χ1n) is 13.9. The van der Waals surface area contributed by atoms with Crippen molar-refractivity contribution < 1.29 is 13.9 Å². The molecule has 0 aliphatic rings. The van der Waals surface area contributed by atoms with Crippen LogP contribution in [0.25, 0.3) is 11.8 Å². The Balaban J connectivity index is 1.39. The van der Waals surface area contributed by atoms with Gasteiger partial charge in [0.1, 0.15) is 11.6 Å². The minimum absolute atomic E-state index is 0.139. The molecule has 208 valence electrons. The van der Waals surface area contributed by atoms with Crippen molar-refractivity contribution in [3.63, 3.8) is 0 Å². The molecule has 5 nitrogen and oxygen atoms in total. The third-order valence-corrected chi connectivity index (χ3v) is 7.18. The van der Waals surface area contributed by atoms with Gasteiger partial charge in [0.05, 0.1) is 24.8 Å². The second-order valence-electron chi connectivity index (χ2n) is 10.1. The lowest BCUT2D eigenvalue weighted by molar-refractivity contribution is -0.116. The zero-order valence-corrected chi connectivity index (χ0v) is 23.8. The molecule has 0 spiro atoms. The molecular weight excluding hydrogens is 501 g/mol. The van der Waals surface area contributed by atoms with E-state index in [1.54, 1.807) is 25.6 Å². The van der Waals surface area contributed by atoms with E-state index < -0.39 is 0 Å². The summed E-state index contributed by atoms with van der Waals surface area (Å²) in [5, 5.41) is 3.01. The topological polar surface area (TPSA) is 56.2 Å². The van der Waals surface area contributed by atoms with Crippen LogP contribution < -0.4 is 10.1 Å². The molecule has 0 aliphatic carbocycles. The summed E-state index contributed by atoms with van der Waals surface area (Å²) >= 11 is 0. The number of aryl methyl sites for hydroxylation is 2. The van der Waals surface area contributed by atoms with Crippen LogP contribution in [0.4, 0.5) is 4.39 Å². The molecule has 0 saturated carbocycles. The Labute approximate surface area is 236 Å². The average Bonchev–Trinajstić information content (AvgIpc) is 3.39. The molecule has 1 amide bonds. The highest BCUT2D eigenvalue weighted by Crippen LogP contribution is 2.33. The molecule has 1 N–H and O–H groups in total. The van der Waals surface area contributed by atoms with Crippen molar-refractivity contribution in [1.29, 1.82) is 0 Å². The van der Waals surface area contributed by atoms with Crippen molar-refractivity contribution in [1.82, 2.24) is 14.9 Å². The van der Waals surface area contributed by atoms with Gasteiger partial charge in [0, 0.05) is 24.7 Å². The van der Waals surface area contributed by atoms with E-state index in [2.05, 4.69) is 42.3 Å². The molecule has 1 heterocycles. The van der Waals surface area contributed by atoms with Crippen molar-refractivity contribution in [3.8, 4) is 11.4 Å². The number of rotatable bonds is 12. The fourth-order valence-corrected chi connectivity index (χ4v) is 5.15. The first-order valence-corrected chi connectivity index (χ1v) is 13.9. The van der Waals surface area contributed by atoms with Gasteiger partial charge >= 0.3 is 0 Å². The van der Waals surface area contributed by atoms with Gasteiger partial charge in [0.2, 0.25) is 5.91 Å². The lowest BCUT2D eigenvalue weighted by Gasteiger charge is -2.23. The third kappa shape index (κ3) is 7.26. The molecule has 4 rings (SSSR count). The number of nitrogens with zero attached hydrogens (tertiary/aromatic N) is 2. The van der Waals surface area contributed by atoms with E-state index in [1.165, 1.54) is 28.8 Å². The van der Waals surface area contributed by atoms with Crippen LogP contribution in [0.5, 0.6) is 5.75 Å². The number of amides is 1. The van der Waals surface area contributed by atoms with Gasteiger partial charge in [-0.15, -0.1) is 0 Å². The first kappa shape index (κ1) is 28.8. The van der Waals surface area contributed by atoms with Crippen LogP contribution in [0.3, 0.4) is 0 Å². The van der Waals surface area contributed by atoms with Crippen molar-refractivity contribution >= 4 is 12.0 Å². The molecule has 0 fully saturated rings. The van der Waals surface area contributed by atoms with Gasteiger partial charge < -0.3 is 14.6 Å². The standard InChI is InChI=1S/C34H38FN3O2/c1-5-8-29-24(2)9-6-10-31(29)30(27-14-16-28(35)17-15-27)11-7-20-36-34(39)19-13-26-12-18-32(33(21-26)40-4)38-22-25(3)37-23-38/h6,9-10,12-19,21-23,30H,5,7-8,11,20H2,1-4H3,(H,36,39)/b19-13+. The van der Waals surface area contributed by atoms with E-state index in [-0.39, 0.29) is 17.6 Å². The number of benzene rings is 3. The highest BCUT2D eigenvalue weighted by Gasteiger charge is 2.18. The number of carbonyl (C=O) groups excluding carboxylic acids is 1. The van der Waals surface area contributed by atoms with E-state index in [0.29, 0.717) is 12.3 Å². The Hall–Kier alpha value is -4.19. The van der Waals surface area contributed by atoms with Gasteiger partial charge in [-0.25, -0.2) is 9.37 Å². The number of imidazole rings is 1. The molecule has 0 radical (unpaired) electrons. The normalized spacial score (nSPS) is 12.0. The third-order valence-electron chi connectivity index (χ3n) is 7.18. The summed E-state index contributed by atoms with van der Waals surface area (Å²) < 4.78 is 21.2. The van der Waals surface area contributed by atoms with Crippen LogP contribution in [-0.2, 0) is 11.2 Å². The van der Waals surface area contributed by atoms with Crippen molar-refractivity contribution in [3.05, 3.63) is 119 Å². The van der Waals surface area contributed by atoms with E-state index in [1.807, 2.05) is 48.0 Å². The maximum absolute atomic E-state index is 13.7. The van der Waals surface area contributed by atoms with Gasteiger partial charge in [-0.05, 0) is 91.3 Å². The molecule has 4 aromatic rings. The van der Waals surface area contributed by atoms with E-state index >= 15 is 0 Å². The van der Waals surface area contributed by atoms with Crippen LogP contribution in [0.15, 0.2) is 79.3 Å². The summed E-state index contributed by atoms with van der Waals surface area (Å²) in [4.78, 5) is 16.9. The molecule has 0 saturated heterocycles. The largest absolute Gasteiger partial charge is 0.495 e. The predicted molar refractivity (Wildman–Crippen MR) is 160 cm³/mol. The van der Waals surface area contributed by atoms with Crippen LogP contribution in [0.2, 0.25) is 0 Å². The van der Waals surface area contributed by atoms with Gasteiger partial charge in [-0.1, -0.05) is 49.7 Å². The summed E-state index contributed by atoms with van der Waals surface area (Å²) in [5.74, 6) is 0.461. The van der Waals surface area contributed by atoms with Crippen LogP contribution in [0, 0.1) is 19.7 Å². The first-order chi connectivity index (χ1) is 19.4. The van der Waals surface area contributed by atoms with E-state index in [4.69, 9.17) is 4.74 Å². The van der Waals surface area contributed by atoms with E-state index in [0.717, 1.165) is 48.2 Å². The highest BCUT2D eigenvalue weighted by molar-refractivity contribution is 5.91. The van der Waals surface area contributed by atoms with Gasteiger partial charge in [0.15, 0.2) is 0 Å². The fraction of sp³-hybridized carbons (Fsp3) is 0.294. The molecule has 3 aromatic carbocycles. The number of hydrogen-bond acceptors (Lipinski definition) is 3. The number of aromatic nitrogens is 2. The minimum atomic E-state index is -0.233. The number of ether oxygens (including phenoxy) is 1. The van der Waals surface area contributed by atoms with Crippen LogP contribution >= 0.6 is 0 Å². The average molecular weight is 540 g/mol. The number of hydrogen-bond donors (Lipinski definition) is 1. The Bertz CT molecular complexity index is 1460. The monoisotopic (exact) mass is 539 g/mol. The van der Waals surface area contributed by atoms with Crippen molar-refractivity contribution in [2.24, 2.45) is 0 Å². The second kappa shape index (κ2) is 13.7. The SMILES string of the molecule is CCCc1c(C)cccc1C(CCCNC(=O)/C=C/c1ccc(-n2cnc(C)c2)c(OC)c1)c1ccc(F)cc1. The summed E-state index contributed by atoms with van der Waals surface area (Å²) in [7, 11) is 1.63. The maximum atomic E-state index is 13.7. The number of carbonyl (C=O) groups is 1. The molecule has 1 aromatic heterocycles. The molecule has 40 heavy (non-hydrogen) atoms. The van der Waals surface area contributed by atoms with Gasteiger partial charge in [-0.3, -0.25) is 4.79 Å². The van der Waals surface area contributed by atoms with Crippen LogP contribution in [0.1, 0.15) is 65.6 Å². The Kier molecular flexibility index (Phi) is 9.90. The Morgan fingerprint density at radius 1 is 1.12 bits per heavy atom. The molecular formula is C34H38FN3O2. The lowest BCUT2D eigenvalue weighted by atomic mass is 9.82. The molecule has 0 aliphatic heterocycles. The Morgan fingerprint density at radius 3 is 2.62 bits per heavy atom. The second-order valence-corrected chi connectivity index (χ2v) is 10.1. The Morgan fingerprint density at radius 2 is 1.93 bits per heavy atom. The van der Waals surface area contributed by atoms with Gasteiger partial charge in [0.25, 0.3) is 0 Å². The maximum Gasteiger partial charge on any atom is 0.243 e. The van der Waals surface area contributed by atoms with Crippen molar-refractivity contribution in [2.75, 3.05) is 13.7 Å². The summed E-state index contributed by atoms with van der Waals surface area (Å²) in [5.41, 5.74) is 7.72. The molecule has 1 unspecified atom stereocenters. The zero-order chi connectivity index (χ0) is 28.5. The number of methoxy groups -OCH3 is 1. The molecule has 1 atom stereocenters. The minimum Gasteiger partial charge on any atom is -0.495 e. The summed E-state index contributed by atoms with van der Waals surface area (Å²) in [6, 6.07) is 19.1. The van der Waals surface area contributed by atoms with Gasteiger partial charge in [-0.2, -0.15) is 0 Å². The van der Waals surface area contributed by atoms with E-state index in [9.17, 15) is 9.18 Å². The number of halogens is 1.